The van der Waals surface area contributed by atoms with Crippen LogP contribution in [0.2, 0.25) is 0 Å². The number of hydrogen-bond acceptors (Lipinski definition) is 4. The second-order valence-corrected chi connectivity index (χ2v) is 8.77. The molecule has 2 aromatic carbocycles. The average molecular weight is 500 g/mol. The molecule has 2 N–H and O–H groups in total. The minimum Gasteiger partial charge on any atom is -0.493 e. The van der Waals surface area contributed by atoms with E-state index in [1.54, 1.807) is 7.11 Å². The van der Waals surface area contributed by atoms with E-state index in [1.807, 2.05) is 57.2 Å². The second-order valence-electron chi connectivity index (χ2n) is 7.00. The molecule has 0 saturated heterocycles. The van der Waals surface area contributed by atoms with Gasteiger partial charge in [0, 0.05) is 32.3 Å². The van der Waals surface area contributed by atoms with E-state index >= 15 is 0 Å². The molecule has 0 aliphatic rings. The van der Waals surface area contributed by atoms with Gasteiger partial charge in [0.25, 0.3) is 5.91 Å². The van der Waals surface area contributed by atoms with Crippen molar-refractivity contribution in [1.82, 2.24) is 5.32 Å². The average Bonchev–Trinajstić information content (AvgIpc) is 2.59. The molecule has 0 radical (unpaired) electrons. The van der Waals surface area contributed by atoms with Gasteiger partial charge in [0.05, 0.1) is 7.11 Å². The van der Waals surface area contributed by atoms with Gasteiger partial charge in [-0.1, -0.05) is 31.9 Å². The normalized spacial score (nSPS) is 11.0. The number of carbonyl (C=O) groups excluding carboxylic acids is 1. The predicted octanol–water partition coefficient (Wildman–Crippen LogP) is 5.13. The Morgan fingerprint density at radius 3 is 2.33 bits per heavy atom. The Kier molecular flexibility index (Phi) is 7.56. The third kappa shape index (κ3) is 6.74. The molecule has 7 heteroatoms. The number of methoxy groups -OCH3 is 1. The van der Waals surface area contributed by atoms with Crippen LogP contribution in [0.25, 0.3) is 0 Å². The Morgan fingerprint density at radius 2 is 1.74 bits per heavy atom. The summed E-state index contributed by atoms with van der Waals surface area (Å²) >= 11 is 7.00. The Hall–Kier alpha value is -1.73. The standard InChI is InChI=1S/C20H24Br2N2O3/c1-20(2,3)24-18(25)12-27-19-15(16(22)9-10-17(19)26-4)11-23-14-7-5-13(21)6-8-14/h5-10,23H,11-12H2,1-4H3,(H,24,25). The van der Waals surface area contributed by atoms with Gasteiger partial charge in [-0.3, -0.25) is 4.79 Å². The molecule has 0 aliphatic carbocycles. The van der Waals surface area contributed by atoms with Gasteiger partial charge in [-0.05, 0) is 57.2 Å². The third-order valence-electron chi connectivity index (χ3n) is 3.56. The lowest BCUT2D eigenvalue weighted by molar-refractivity contribution is -0.124. The van der Waals surface area contributed by atoms with Crippen LogP contribution < -0.4 is 20.1 Å². The van der Waals surface area contributed by atoms with Crippen LogP contribution >= 0.6 is 31.9 Å². The molecule has 2 aromatic rings. The van der Waals surface area contributed by atoms with Gasteiger partial charge in [-0.25, -0.2) is 0 Å². The third-order valence-corrected chi connectivity index (χ3v) is 4.83. The number of hydrogen-bond donors (Lipinski definition) is 2. The summed E-state index contributed by atoms with van der Waals surface area (Å²) in [6, 6.07) is 11.6. The van der Waals surface area contributed by atoms with Gasteiger partial charge in [0.15, 0.2) is 18.1 Å². The summed E-state index contributed by atoms with van der Waals surface area (Å²) in [6.45, 7) is 6.21. The molecule has 0 fully saturated rings. The summed E-state index contributed by atoms with van der Waals surface area (Å²) in [6.07, 6.45) is 0. The summed E-state index contributed by atoms with van der Waals surface area (Å²) < 4.78 is 13.2. The number of rotatable bonds is 7. The second kappa shape index (κ2) is 9.46. The van der Waals surface area contributed by atoms with Crippen LogP contribution in [-0.4, -0.2) is 25.2 Å². The summed E-state index contributed by atoms with van der Waals surface area (Å²) in [5.41, 5.74) is 1.54. The van der Waals surface area contributed by atoms with Crippen LogP contribution in [0.5, 0.6) is 11.5 Å². The minimum absolute atomic E-state index is 0.0879. The molecular weight excluding hydrogens is 476 g/mol. The Labute approximate surface area is 177 Å². The van der Waals surface area contributed by atoms with Crippen molar-refractivity contribution < 1.29 is 14.3 Å². The van der Waals surface area contributed by atoms with Gasteiger partial charge in [0.2, 0.25) is 0 Å². The summed E-state index contributed by atoms with van der Waals surface area (Å²) in [4.78, 5) is 12.1. The quantitative estimate of drug-likeness (QED) is 0.554. The number of ether oxygens (including phenoxy) is 2. The lowest BCUT2D eigenvalue weighted by Gasteiger charge is -2.22. The zero-order valence-corrected chi connectivity index (χ0v) is 19.0. The zero-order chi connectivity index (χ0) is 20.0. The molecule has 0 aliphatic heterocycles. The van der Waals surface area contributed by atoms with E-state index in [-0.39, 0.29) is 18.1 Å². The highest BCUT2D eigenvalue weighted by molar-refractivity contribution is 9.10. The highest BCUT2D eigenvalue weighted by Crippen LogP contribution is 2.36. The largest absolute Gasteiger partial charge is 0.493 e. The first-order chi connectivity index (χ1) is 12.7. The van der Waals surface area contributed by atoms with Crippen molar-refractivity contribution in [1.29, 1.82) is 0 Å². The summed E-state index contributed by atoms with van der Waals surface area (Å²) in [5, 5.41) is 6.25. The number of anilines is 1. The monoisotopic (exact) mass is 498 g/mol. The van der Waals surface area contributed by atoms with E-state index < -0.39 is 0 Å². The maximum atomic E-state index is 12.1. The molecule has 0 spiro atoms. The van der Waals surface area contributed by atoms with Gasteiger partial charge in [-0.2, -0.15) is 0 Å². The van der Waals surface area contributed by atoms with Crippen LogP contribution in [-0.2, 0) is 11.3 Å². The molecule has 0 bridgehead atoms. The maximum Gasteiger partial charge on any atom is 0.258 e. The predicted molar refractivity (Wildman–Crippen MR) is 116 cm³/mol. The van der Waals surface area contributed by atoms with E-state index in [0.29, 0.717) is 18.0 Å². The fraction of sp³-hybridized carbons (Fsp3) is 0.350. The maximum absolute atomic E-state index is 12.1. The molecule has 0 atom stereocenters. The smallest absolute Gasteiger partial charge is 0.258 e. The number of nitrogens with one attached hydrogen (secondary N) is 2. The first-order valence-corrected chi connectivity index (χ1v) is 10.1. The number of halogens is 2. The van der Waals surface area contributed by atoms with Crippen LogP contribution in [0.1, 0.15) is 26.3 Å². The molecule has 5 nitrogen and oxygen atoms in total. The topological polar surface area (TPSA) is 59.6 Å². The van der Waals surface area contributed by atoms with Gasteiger partial charge >= 0.3 is 0 Å². The lowest BCUT2D eigenvalue weighted by atomic mass is 10.1. The van der Waals surface area contributed by atoms with E-state index in [4.69, 9.17) is 9.47 Å². The number of benzene rings is 2. The van der Waals surface area contributed by atoms with Crippen molar-refractivity contribution in [3.8, 4) is 11.5 Å². The minimum atomic E-state index is -0.312. The molecular formula is C20H24Br2N2O3. The van der Waals surface area contributed by atoms with Crippen LogP contribution in [0, 0.1) is 0 Å². The molecule has 0 saturated carbocycles. The van der Waals surface area contributed by atoms with Crippen LogP contribution in [0.15, 0.2) is 45.3 Å². The SMILES string of the molecule is COc1ccc(Br)c(CNc2ccc(Br)cc2)c1OCC(=O)NC(C)(C)C. The highest BCUT2D eigenvalue weighted by Gasteiger charge is 2.18. The molecule has 2 rings (SSSR count). The van der Waals surface area contributed by atoms with E-state index in [1.165, 1.54) is 0 Å². The van der Waals surface area contributed by atoms with Gasteiger partial charge < -0.3 is 20.1 Å². The fourth-order valence-electron chi connectivity index (χ4n) is 2.42. The molecule has 1 amide bonds. The molecule has 146 valence electrons. The van der Waals surface area contributed by atoms with Crippen molar-refractivity contribution in [3.63, 3.8) is 0 Å². The van der Waals surface area contributed by atoms with Crippen molar-refractivity contribution >= 4 is 43.5 Å². The van der Waals surface area contributed by atoms with Crippen LogP contribution in [0.3, 0.4) is 0 Å². The first kappa shape index (κ1) is 21.6. The van der Waals surface area contributed by atoms with Crippen molar-refractivity contribution in [3.05, 3.63) is 50.9 Å². The van der Waals surface area contributed by atoms with Crippen molar-refractivity contribution in [2.45, 2.75) is 32.9 Å². The Balaban J connectivity index is 2.17. The molecule has 0 heterocycles. The highest BCUT2D eigenvalue weighted by atomic mass is 79.9. The first-order valence-electron chi connectivity index (χ1n) is 8.48. The van der Waals surface area contributed by atoms with Crippen molar-refractivity contribution in [2.75, 3.05) is 19.0 Å². The fourth-order valence-corrected chi connectivity index (χ4v) is 3.13. The summed E-state index contributed by atoms with van der Waals surface area (Å²) in [7, 11) is 1.58. The van der Waals surface area contributed by atoms with Gasteiger partial charge in [0.1, 0.15) is 0 Å². The number of amides is 1. The Morgan fingerprint density at radius 1 is 1.07 bits per heavy atom. The van der Waals surface area contributed by atoms with E-state index in [0.717, 1.165) is 20.2 Å². The summed E-state index contributed by atoms with van der Waals surface area (Å²) in [5.74, 6) is 0.936. The molecule has 27 heavy (non-hydrogen) atoms. The van der Waals surface area contributed by atoms with E-state index in [2.05, 4.69) is 42.5 Å². The lowest BCUT2D eigenvalue weighted by Crippen LogP contribution is -2.43. The van der Waals surface area contributed by atoms with Crippen molar-refractivity contribution in [2.24, 2.45) is 0 Å². The zero-order valence-electron chi connectivity index (χ0n) is 15.9. The Bertz CT molecular complexity index is 787. The van der Waals surface area contributed by atoms with Gasteiger partial charge in [-0.15, -0.1) is 0 Å². The molecule has 0 unspecified atom stereocenters. The van der Waals surface area contributed by atoms with E-state index in [9.17, 15) is 4.79 Å². The molecule has 0 aromatic heterocycles. The number of carbonyl (C=O) groups is 1. The van der Waals surface area contributed by atoms with Crippen LogP contribution in [0.4, 0.5) is 5.69 Å².